The molecule has 6 heteroatoms. The molecule has 0 aliphatic heterocycles. The Bertz CT molecular complexity index is 975. The number of pyridine rings is 1. The standard InChI is InChI=1S/C20H20N2O4/c1-3-26-12-11-22-13(2)17(14-7-4-5-9-16(14)22)19(23)15-8-6-10-21-18(15)20(24)25/h4-10H,3,11-12H2,1-2H3,(H,24,25). The molecule has 1 aromatic carbocycles. The van der Waals surface area contributed by atoms with Crippen LogP contribution in [0.15, 0.2) is 42.6 Å². The summed E-state index contributed by atoms with van der Waals surface area (Å²) in [5, 5.41) is 10.2. The van der Waals surface area contributed by atoms with Crippen molar-refractivity contribution in [3.63, 3.8) is 0 Å². The number of aromatic nitrogens is 2. The molecule has 0 saturated heterocycles. The first-order valence-corrected chi connectivity index (χ1v) is 8.44. The van der Waals surface area contributed by atoms with Crippen molar-refractivity contribution in [3.05, 3.63) is 65.1 Å². The largest absolute Gasteiger partial charge is 0.476 e. The number of carbonyl (C=O) groups excluding carboxylic acids is 1. The Morgan fingerprint density at radius 1 is 1.19 bits per heavy atom. The minimum absolute atomic E-state index is 0.0933. The van der Waals surface area contributed by atoms with Gasteiger partial charge in [-0.2, -0.15) is 0 Å². The van der Waals surface area contributed by atoms with Gasteiger partial charge in [0.05, 0.1) is 17.7 Å². The summed E-state index contributed by atoms with van der Waals surface area (Å²) in [4.78, 5) is 28.5. The number of nitrogens with zero attached hydrogens (tertiary/aromatic N) is 2. The number of benzene rings is 1. The topological polar surface area (TPSA) is 81.4 Å². The van der Waals surface area contributed by atoms with Crippen LogP contribution < -0.4 is 0 Å². The fourth-order valence-corrected chi connectivity index (χ4v) is 3.20. The van der Waals surface area contributed by atoms with Gasteiger partial charge >= 0.3 is 5.97 Å². The second-order valence-electron chi connectivity index (χ2n) is 5.86. The van der Waals surface area contributed by atoms with Gasteiger partial charge in [-0.3, -0.25) is 4.79 Å². The minimum atomic E-state index is -1.22. The zero-order valence-electron chi connectivity index (χ0n) is 14.7. The molecule has 2 aromatic heterocycles. The van der Waals surface area contributed by atoms with Crippen LogP contribution in [0.4, 0.5) is 0 Å². The van der Waals surface area contributed by atoms with Gasteiger partial charge in [-0.15, -0.1) is 0 Å². The number of fused-ring (bicyclic) bond motifs is 1. The highest BCUT2D eigenvalue weighted by atomic mass is 16.5. The third kappa shape index (κ3) is 3.11. The number of para-hydroxylation sites is 1. The van der Waals surface area contributed by atoms with E-state index in [2.05, 4.69) is 4.98 Å². The molecule has 0 bridgehead atoms. The van der Waals surface area contributed by atoms with Crippen LogP contribution in [0.1, 0.15) is 39.0 Å². The Hall–Kier alpha value is -2.99. The lowest BCUT2D eigenvalue weighted by atomic mass is 9.99. The maximum Gasteiger partial charge on any atom is 0.355 e. The van der Waals surface area contributed by atoms with Gasteiger partial charge < -0.3 is 14.4 Å². The van der Waals surface area contributed by atoms with Crippen molar-refractivity contribution in [2.24, 2.45) is 0 Å². The molecule has 26 heavy (non-hydrogen) atoms. The summed E-state index contributed by atoms with van der Waals surface area (Å²) in [6.45, 7) is 5.59. The van der Waals surface area contributed by atoms with Crippen LogP contribution in [0.25, 0.3) is 10.9 Å². The number of carboxylic acids is 1. The van der Waals surface area contributed by atoms with Crippen LogP contribution in [0, 0.1) is 6.92 Å². The Labute approximate surface area is 151 Å². The average molecular weight is 352 g/mol. The Morgan fingerprint density at radius 2 is 1.96 bits per heavy atom. The Balaban J connectivity index is 2.15. The van der Waals surface area contributed by atoms with E-state index in [0.717, 1.165) is 16.6 Å². The fraction of sp³-hybridized carbons (Fsp3) is 0.250. The number of carbonyl (C=O) groups is 2. The van der Waals surface area contributed by atoms with Gasteiger partial charge in [-0.05, 0) is 32.0 Å². The van der Waals surface area contributed by atoms with Gasteiger partial charge in [-0.1, -0.05) is 18.2 Å². The van der Waals surface area contributed by atoms with Gasteiger partial charge in [-0.25, -0.2) is 9.78 Å². The molecule has 0 saturated carbocycles. The maximum atomic E-state index is 13.2. The van der Waals surface area contributed by atoms with E-state index in [-0.39, 0.29) is 17.0 Å². The van der Waals surface area contributed by atoms with E-state index in [1.54, 1.807) is 6.07 Å². The molecular formula is C20H20N2O4. The highest BCUT2D eigenvalue weighted by molar-refractivity contribution is 6.20. The van der Waals surface area contributed by atoms with Crippen LogP contribution in [0.5, 0.6) is 0 Å². The van der Waals surface area contributed by atoms with Crippen molar-refractivity contribution in [1.29, 1.82) is 0 Å². The zero-order valence-corrected chi connectivity index (χ0v) is 14.7. The van der Waals surface area contributed by atoms with Crippen molar-refractivity contribution in [2.45, 2.75) is 20.4 Å². The highest BCUT2D eigenvalue weighted by Crippen LogP contribution is 2.28. The molecule has 0 spiro atoms. The second-order valence-corrected chi connectivity index (χ2v) is 5.86. The summed E-state index contributed by atoms with van der Waals surface area (Å²) in [5.74, 6) is -1.55. The fourth-order valence-electron chi connectivity index (χ4n) is 3.20. The van der Waals surface area contributed by atoms with E-state index in [0.29, 0.717) is 25.3 Å². The smallest absolute Gasteiger partial charge is 0.355 e. The normalized spacial score (nSPS) is 11.0. The summed E-state index contributed by atoms with van der Waals surface area (Å²) >= 11 is 0. The first-order valence-electron chi connectivity index (χ1n) is 8.44. The van der Waals surface area contributed by atoms with Gasteiger partial charge in [0.1, 0.15) is 0 Å². The number of ether oxygens (including phenoxy) is 1. The first kappa shape index (κ1) is 17.8. The van der Waals surface area contributed by atoms with E-state index >= 15 is 0 Å². The van der Waals surface area contributed by atoms with Crippen molar-refractivity contribution >= 4 is 22.7 Å². The molecule has 3 aromatic rings. The molecule has 134 valence electrons. The number of hydrogen-bond donors (Lipinski definition) is 1. The van der Waals surface area contributed by atoms with Crippen LogP contribution >= 0.6 is 0 Å². The molecule has 0 radical (unpaired) electrons. The number of aromatic carboxylic acids is 1. The molecule has 3 rings (SSSR count). The van der Waals surface area contributed by atoms with Gasteiger partial charge in [0.25, 0.3) is 0 Å². The number of carboxylic acid groups (broad SMARTS) is 1. The van der Waals surface area contributed by atoms with Crippen molar-refractivity contribution in [2.75, 3.05) is 13.2 Å². The quantitative estimate of drug-likeness (QED) is 0.521. The molecule has 1 N–H and O–H groups in total. The van der Waals surface area contributed by atoms with Crippen LogP contribution in [-0.2, 0) is 11.3 Å². The maximum absolute atomic E-state index is 13.2. The molecular weight excluding hydrogens is 332 g/mol. The van der Waals surface area contributed by atoms with Crippen LogP contribution in [0.3, 0.4) is 0 Å². The number of hydrogen-bond acceptors (Lipinski definition) is 4. The predicted octanol–water partition coefficient (Wildman–Crippen LogP) is 3.31. The van der Waals surface area contributed by atoms with Crippen LogP contribution in [-0.4, -0.2) is 39.6 Å². The Kier molecular flexibility index (Phi) is 5.14. The summed E-state index contributed by atoms with van der Waals surface area (Å²) in [7, 11) is 0. The predicted molar refractivity (Wildman–Crippen MR) is 97.8 cm³/mol. The third-order valence-electron chi connectivity index (χ3n) is 4.38. The summed E-state index contributed by atoms with van der Waals surface area (Å²) in [6, 6.07) is 10.7. The molecule has 0 aliphatic carbocycles. The molecule has 0 fully saturated rings. The van der Waals surface area contributed by atoms with E-state index < -0.39 is 5.97 Å². The van der Waals surface area contributed by atoms with Gasteiger partial charge in [0.15, 0.2) is 11.5 Å². The lowest BCUT2D eigenvalue weighted by molar-refractivity contribution is 0.0686. The lowest BCUT2D eigenvalue weighted by Crippen LogP contribution is -2.13. The molecule has 6 nitrogen and oxygen atoms in total. The molecule has 2 heterocycles. The Morgan fingerprint density at radius 3 is 2.69 bits per heavy atom. The van der Waals surface area contributed by atoms with E-state index in [1.165, 1.54) is 12.3 Å². The molecule has 0 unspecified atom stereocenters. The third-order valence-corrected chi connectivity index (χ3v) is 4.38. The minimum Gasteiger partial charge on any atom is -0.476 e. The van der Waals surface area contributed by atoms with Crippen molar-refractivity contribution in [3.8, 4) is 0 Å². The van der Waals surface area contributed by atoms with E-state index in [9.17, 15) is 14.7 Å². The second kappa shape index (κ2) is 7.49. The number of ketones is 1. The average Bonchev–Trinajstić information content (AvgIpc) is 2.93. The summed E-state index contributed by atoms with van der Waals surface area (Å²) in [6.07, 6.45) is 1.37. The SMILES string of the molecule is CCOCCn1c(C)c(C(=O)c2cccnc2C(=O)O)c2ccccc21. The molecule has 0 amide bonds. The van der Waals surface area contributed by atoms with Crippen molar-refractivity contribution in [1.82, 2.24) is 9.55 Å². The summed E-state index contributed by atoms with van der Waals surface area (Å²) in [5.41, 5.74) is 2.08. The molecule has 0 atom stereocenters. The van der Waals surface area contributed by atoms with E-state index in [4.69, 9.17) is 4.74 Å². The zero-order chi connectivity index (χ0) is 18.7. The van der Waals surface area contributed by atoms with Gasteiger partial charge in [0, 0.05) is 35.9 Å². The summed E-state index contributed by atoms with van der Waals surface area (Å²) < 4.78 is 7.49. The van der Waals surface area contributed by atoms with E-state index in [1.807, 2.05) is 42.7 Å². The monoisotopic (exact) mass is 352 g/mol. The molecule has 0 aliphatic rings. The van der Waals surface area contributed by atoms with Crippen LogP contribution in [0.2, 0.25) is 0 Å². The lowest BCUT2D eigenvalue weighted by Gasteiger charge is -2.09. The highest BCUT2D eigenvalue weighted by Gasteiger charge is 2.25. The van der Waals surface area contributed by atoms with Crippen molar-refractivity contribution < 1.29 is 19.4 Å². The first-order chi connectivity index (χ1) is 12.6. The number of rotatable bonds is 7. The van der Waals surface area contributed by atoms with Gasteiger partial charge in [0.2, 0.25) is 0 Å².